The van der Waals surface area contributed by atoms with Crippen molar-refractivity contribution >= 4 is 6.29 Å². The van der Waals surface area contributed by atoms with Crippen molar-refractivity contribution in [2.75, 3.05) is 0 Å². The van der Waals surface area contributed by atoms with E-state index in [1.807, 2.05) is 0 Å². The largest absolute Gasteiger partial charge is 0.389 e. The molecule has 116 valence electrons. The molecular formula is C19H28O2. The Morgan fingerprint density at radius 2 is 2.05 bits per heavy atom. The van der Waals surface area contributed by atoms with E-state index in [-0.39, 0.29) is 0 Å². The second kappa shape index (κ2) is 5.08. The number of rotatable bonds is 1. The number of hydrogen-bond donors (Lipinski definition) is 1. The van der Waals surface area contributed by atoms with Crippen molar-refractivity contribution in [2.45, 2.75) is 65.4 Å². The van der Waals surface area contributed by atoms with Gasteiger partial charge in [-0.15, -0.1) is 0 Å². The lowest BCUT2D eigenvalue weighted by atomic mass is 9.47. The Balaban J connectivity index is 1.96. The fourth-order valence-corrected chi connectivity index (χ4v) is 5.61. The SMILES string of the molecule is CC1(C)CCC[C@]2(C)[C@H]3C[C@@H](O)/C(=C/C=O)CC3=CC[C@@H]12. The first kappa shape index (κ1) is 15.0. The topological polar surface area (TPSA) is 37.3 Å². The second-order valence-corrected chi connectivity index (χ2v) is 8.27. The minimum atomic E-state index is -0.432. The molecule has 2 heteroatoms. The van der Waals surface area contributed by atoms with E-state index < -0.39 is 6.10 Å². The van der Waals surface area contributed by atoms with Crippen LogP contribution in [0.25, 0.3) is 0 Å². The molecule has 1 N–H and O–H groups in total. The molecule has 21 heavy (non-hydrogen) atoms. The fourth-order valence-electron chi connectivity index (χ4n) is 5.61. The third-order valence-electron chi connectivity index (χ3n) is 6.71. The quantitative estimate of drug-likeness (QED) is 0.449. The molecule has 0 heterocycles. The van der Waals surface area contributed by atoms with E-state index >= 15 is 0 Å². The standard InChI is InChI=1S/C19H28O2/c1-18(2)8-4-9-19(3)15-12-16(21)14(7-10-20)11-13(15)5-6-17(18)19/h5,7,10,15-17,21H,4,6,8-9,11-12H2,1-3H3/b14-7+/t15-,16+,17-,19+/m0/s1. The summed E-state index contributed by atoms with van der Waals surface area (Å²) in [5, 5.41) is 10.4. The van der Waals surface area contributed by atoms with Crippen LogP contribution in [0, 0.1) is 22.7 Å². The van der Waals surface area contributed by atoms with Crippen LogP contribution in [0.4, 0.5) is 0 Å². The molecule has 2 nitrogen and oxygen atoms in total. The van der Waals surface area contributed by atoms with Gasteiger partial charge in [0.05, 0.1) is 6.10 Å². The number of aliphatic hydroxyl groups is 1. The van der Waals surface area contributed by atoms with Gasteiger partial charge in [-0.05, 0) is 66.4 Å². The first-order valence-corrected chi connectivity index (χ1v) is 8.40. The van der Waals surface area contributed by atoms with Gasteiger partial charge in [0.1, 0.15) is 6.29 Å². The van der Waals surface area contributed by atoms with Crippen LogP contribution in [-0.4, -0.2) is 17.5 Å². The van der Waals surface area contributed by atoms with E-state index in [9.17, 15) is 9.90 Å². The maximum absolute atomic E-state index is 10.7. The van der Waals surface area contributed by atoms with Gasteiger partial charge in [-0.2, -0.15) is 0 Å². The summed E-state index contributed by atoms with van der Waals surface area (Å²) < 4.78 is 0. The number of carbonyl (C=O) groups is 1. The summed E-state index contributed by atoms with van der Waals surface area (Å²) in [7, 11) is 0. The van der Waals surface area contributed by atoms with E-state index in [2.05, 4.69) is 26.8 Å². The van der Waals surface area contributed by atoms with Crippen molar-refractivity contribution in [1.29, 1.82) is 0 Å². The molecule has 3 aliphatic rings. The number of aliphatic hydroxyl groups excluding tert-OH is 1. The smallest absolute Gasteiger partial charge is 0.142 e. The molecule has 0 aromatic heterocycles. The van der Waals surface area contributed by atoms with Crippen molar-refractivity contribution in [3.8, 4) is 0 Å². The monoisotopic (exact) mass is 288 g/mol. The minimum absolute atomic E-state index is 0.319. The van der Waals surface area contributed by atoms with Gasteiger partial charge in [-0.1, -0.05) is 38.8 Å². The van der Waals surface area contributed by atoms with Crippen LogP contribution in [0.2, 0.25) is 0 Å². The average Bonchev–Trinajstić information content (AvgIpc) is 2.40. The highest BCUT2D eigenvalue weighted by atomic mass is 16.3. The van der Waals surface area contributed by atoms with Gasteiger partial charge < -0.3 is 5.11 Å². The number of carbonyl (C=O) groups excluding carboxylic acids is 1. The molecule has 0 spiro atoms. The van der Waals surface area contributed by atoms with Gasteiger partial charge in [-0.25, -0.2) is 0 Å². The van der Waals surface area contributed by atoms with E-state index in [0.29, 0.717) is 16.7 Å². The summed E-state index contributed by atoms with van der Waals surface area (Å²) >= 11 is 0. The van der Waals surface area contributed by atoms with Crippen molar-refractivity contribution in [3.05, 3.63) is 23.3 Å². The average molecular weight is 288 g/mol. The van der Waals surface area contributed by atoms with E-state index in [4.69, 9.17) is 0 Å². The van der Waals surface area contributed by atoms with Gasteiger partial charge in [0.2, 0.25) is 0 Å². The summed E-state index contributed by atoms with van der Waals surface area (Å²) in [6.45, 7) is 7.30. The normalized spacial score (nSPS) is 43.7. The first-order valence-electron chi connectivity index (χ1n) is 8.40. The molecule has 2 fully saturated rings. The van der Waals surface area contributed by atoms with Crippen molar-refractivity contribution in [3.63, 3.8) is 0 Å². The van der Waals surface area contributed by atoms with Crippen LogP contribution >= 0.6 is 0 Å². The number of hydrogen-bond acceptors (Lipinski definition) is 2. The van der Waals surface area contributed by atoms with Gasteiger partial charge in [0.15, 0.2) is 0 Å². The molecule has 0 bridgehead atoms. The van der Waals surface area contributed by atoms with Crippen molar-refractivity contribution in [1.82, 2.24) is 0 Å². The molecule has 3 aliphatic carbocycles. The Morgan fingerprint density at radius 3 is 2.76 bits per heavy atom. The Labute approximate surface area is 128 Å². The number of allylic oxidation sites excluding steroid dienone is 3. The zero-order chi connectivity index (χ0) is 15.3. The van der Waals surface area contributed by atoms with Crippen molar-refractivity contribution < 1.29 is 9.90 Å². The Bertz CT molecular complexity index is 500. The predicted molar refractivity (Wildman–Crippen MR) is 84.8 cm³/mol. The summed E-state index contributed by atoms with van der Waals surface area (Å²) in [6, 6.07) is 0. The lowest BCUT2D eigenvalue weighted by molar-refractivity contribution is -0.104. The zero-order valence-electron chi connectivity index (χ0n) is 13.6. The molecular weight excluding hydrogens is 260 g/mol. The first-order chi connectivity index (χ1) is 9.88. The molecule has 0 aromatic rings. The maximum atomic E-state index is 10.7. The Hall–Kier alpha value is -0.890. The van der Waals surface area contributed by atoms with E-state index in [0.717, 1.165) is 30.6 Å². The highest BCUT2D eigenvalue weighted by Gasteiger charge is 2.53. The molecule has 0 radical (unpaired) electrons. The van der Waals surface area contributed by atoms with Crippen LogP contribution in [0.15, 0.2) is 23.3 Å². The number of aldehydes is 1. The summed E-state index contributed by atoms with van der Waals surface area (Å²) in [5.41, 5.74) is 3.10. The van der Waals surface area contributed by atoms with Crippen molar-refractivity contribution in [2.24, 2.45) is 22.7 Å². The molecule has 0 aliphatic heterocycles. The van der Waals surface area contributed by atoms with Gasteiger partial charge >= 0.3 is 0 Å². The summed E-state index contributed by atoms with van der Waals surface area (Å²) in [5.74, 6) is 1.21. The Morgan fingerprint density at radius 1 is 1.29 bits per heavy atom. The van der Waals surface area contributed by atoms with Gasteiger partial charge in [0.25, 0.3) is 0 Å². The van der Waals surface area contributed by atoms with Gasteiger partial charge in [0, 0.05) is 0 Å². The van der Waals surface area contributed by atoms with E-state index in [1.54, 1.807) is 6.08 Å². The van der Waals surface area contributed by atoms with Gasteiger partial charge in [-0.3, -0.25) is 4.79 Å². The fraction of sp³-hybridized carbons (Fsp3) is 0.737. The molecule has 0 saturated heterocycles. The maximum Gasteiger partial charge on any atom is 0.142 e. The molecule has 3 rings (SSSR count). The molecule has 0 amide bonds. The minimum Gasteiger partial charge on any atom is -0.389 e. The lowest BCUT2D eigenvalue weighted by Crippen LogP contribution is -2.50. The predicted octanol–water partition coefficient (Wildman–Crippen LogP) is 4.05. The highest BCUT2D eigenvalue weighted by Crippen LogP contribution is 2.62. The molecule has 2 saturated carbocycles. The van der Waals surface area contributed by atoms with Crippen LogP contribution < -0.4 is 0 Å². The number of fused-ring (bicyclic) bond motifs is 3. The second-order valence-electron chi connectivity index (χ2n) is 8.27. The lowest BCUT2D eigenvalue weighted by Gasteiger charge is -2.58. The third-order valence-corrected chi connectivity index (χ3v) is 6.71. The highest BCUT2D eigenvalue weighted by molar-refractivity contribution is 5.67. The van der Waals surface area contributed by atoms with E-state index in [1.165, 1.54) is 31.3 Å². The molecule has 0 unspecified atom stereocenters. The zero-order valence-corrected chi connectivity index (χ0v) is 13.6. The van der Waals surface area contributed by atoms with Crippen LogP contribution in [0.3, 0.4) is 0 Å². The van der Waals surface area contributed by atoms with Crippen LogP contribution in [-0.2, 0) is 4.79 Å². The third kappa shape index (κ3) is 2.32. The summed E-state index contributed by atoms with van der Waals surface area (Å²) in [4.78, 5) is 10.7. The Kier molecular flexibility index (Phi) is 3.64. The molecule has 0 aromatic carbocycles. The van der Waals surface area contributed by atoms with Crippen LogP contribution in [0.1, 0.15) is 59.3 Å². The van der Waals surface area contributed by atoms with Crippen LogP contribution in [0.5, 0.6) is 0 Å². The summed E-state index contributed by atoms with van der Waals surface area (Å²) in [6.07, 6.45) is 11.0. The molecule has 4 atom stereocenters.